The van der Waals surface area contributed by atoms with Crippen LogP contribution in [0.4, 0.5) is 0 Å². The van der Waals surface area contributed by atoms with Crippen molar-refractivity contribution in [2.45, 2.75) is 0 Å². The van der Waals surface area contributed by atoms with Gasteiger partial charge in [0.05, 0.1) is 22.4 Å². The Morgan fingerprint density at radius 3 is 1.58 bits per heavy atom. The second-order valence-electron chi connectivity index (χ2n) is 12.6. The highest BCUT2D eigenvalue weighted by Crippen LogP contribution is 2.43. The van der Waals surface area contributed by atoms with Gasteiger partial charge in [-0.15, -0.1) is 11.3 Å². The molecule has 50 heavy (non-hydrogen) atoms. The maximum Gasteiger partial charge on any atom is 0.160 e. The van der Waals surface area contributed by atoms with Crippen molar-refractivity contribution in [3.63, 3.8) is 0 Å². The SMILES string of the molecule is c1ccc(-c2cc(-c3ccc(-c4cc(-n5c6ccccc6c6ccccc65)cc5c4sc4ccccc45)cc3)nc(-c3ccccc3)n2)cc1. The molecule has 234 valence electrons. The van der Waals surface area contributed by atoms with E-state index in [9.17, 15) is 0 Å². The molecule has 3 nitrogen and oxygen atoms in total. The summed E-state index contributed by atoms with van der Waals surface area (Å²) in [5, 5.41) is 5.09. The molecule has 0 radical (unpaired) electrons. The summed E-state index contributed by atoms with van der Waals surface area (Å²) in [4.78, 5) is 10.1. The molecule has 0 fully saturated rings. The number of nitrogens with zero attached hydrogens (tertiary/aromatic N) is 3. The van der Waals surface area contributed by atoms with Crippen molar-refractivity contribution >= 4 is 53.3 Å². The molecular formula is C46H29N3S. The first-order valence-electron chi connectivity index (χ1n) is 16.8. The lowest BCUT2D eigenvalue weighted by Gasteiger charge is -2.13. The van der Waals surface area contributed by atoms with Crippen molar-refractivity contribution in [1.82, 2.24) is 14.5 Å². The van der Waals surface area contributed by atoms with Crippen LogP contribution in [0.3, 0.4) is 0 Å². The van der Waals surface area contributed by atoms with Crippen LogP contribution in [-0.4, -0.2) is 14.5 Å². The lowest BCUT2D eigenvalue weighted by atomic mass is 9.99. The molecule has 0 aliphatic heterocycles. The molecule has 0 unspecified atom stereocenters. The number of fused-ring (bicyclic) bond motifs is 6. The Kier molecular flexibility index (Phi) is 6.68. The molecule has 0 saturated heterocycles. The Hall–Kier alpha value is -6.36. The van der Waals surface area contributed by atoms with E-state index in [2.05, 4.69) is 156 Å². The van der Waals surface area contributed by atoms with E-state index in [0.717, 1.165) is 39.6 Å². The molecule has 10 rings (SSSR count). The van der Waals surface area contributed by atoms with E-state index in [1.54, 1.807) is 0 Å². The first-order valence-corrected chi connectivity index (χ1v) is 17.6. The average molecular weight is 656 g/mol. The number of hydrogen-bond acceptors (Lipinski definition) is 3. The number of para-hydroxylation sites is 2. The fourth-order valence-corrected chi connectivity index (χ4v) is 8.46. The van der Waals surface area contributed by atoms with Crippen LogP contribution in [0.25, 0.3) is 92.7 Å². The number of hydrogen-bond donors (Lipinski definition) is 0. The van der Waals surface area contributed by atoms with Crippen LogP contribution in [0.2, 0.25) is 0 Å². The summed E-state index contributed by atoms with van der Waals surface area (Å²) in [6, 6.07) is 62.5. The Bertz CT molecular complexity index is 2740. The van der Waals surface area contributed by atoms with Gasteiger partial charge in [-0.25, -0.2) is 9.97 Å². The second-order valence-corrected chi connectivity index (χ2v) is 13.7. The van der Waals surface area contributed by atoms with E-state index in [1.165, 1.54) is 53.1 Å². The van der Waals surface area contributed by atoms with E-state index >= 15 is 0 Å². The summed E-state index contributed by atoms with van der Waals surface area (Å²) in [6.07, 6.45) is 0. The van der Waals surface area contributed by atoms with Crippen molar-refractivity contribution in [1.29, 1.82) is 0 Å². The minimum absolute atomic E-state index is 0.719. The molecule has 0 bridgehead atoms. The Morgan fingerprint density at radius 2 is 0.920 bits per heavy atom. The Labute approximate surface area is 293 Å². The largest absolute Gasteiger partial charge is 0.309 e. The monoisotopic (exact) mass is 655 g/mol. The fraction of sp³-hybridized carbons (Fsp3) is 0. The lowest BCUT2D eigenvalue weighted by Crippen LogP contribution is -1.96. The highest BCUT2D eigenvalue weighted by Gasteiger charge is 2.18. The van der Waals surface area contributed by atoms with Gasteiger partial charge in [0.15, 0.2) is 5.82 Å². The summed E-state index contributed by atoms with van der Waals surface area (Å²) in [5.74, 6) is 0.719. The average Bonchev–Trinajstić information content (AvgIpc) is 3.74. The first kappa shape index (κ1) is 28.6. The van der Waals surface area contributed by atoms with Gasteiger partial charge in [0.2, 0.25) is 0 Å². The minimum Gasteiger partial charge on any atom is -0.309 e. The van der Waals surface area contributed by atoms with Gasteiger partial charge < -0.3 is 4.57 Å². The summed E-state index contributed by atoms with van der Waals surface area (Å²) in [5.41, 5.74) is 10.9. The molecule has 0 atom stereocenters. The predicted molar refractivity (Wildman–Crippen MR) is 211 cm³/mol. The molecule has 0 aliphatic rings. The van der Waals surface area contributed by atoms with Crippen LogP contribution in [0.5, 0.6) is 0 Å². The van der Waals surface area contributed by atoms with Crippen LogP contribution in [-0.2, 0) is 0 Å². The third kappa shape index (κ3) is 4.73. The summed E-state index contributed by atoms with van der Waals surface area (Å²) >= 11 is 1.87. The van der Waals surface area contributed by atoms with Crippen molar-refractivity contribution in [3.8, 4) is 50.7 Å². The van der Waals surface area contributed by atoms with E-state index in [0.29, 0.717) is 0 Å². The molecule has 0 aliphatic carbocycles. The van der Waals surface area contributed by atoms with E-state index in [4.69, 9.17) is 9.97 Å². The molecular weight excluding hydrogens is 627 g/mol. The predicted octanol–water partition coefficient (Wildman–Crippen LogP) is 12.6. The van der Waals surface area contributed by atoms with Crippen LogP contribution in [0.1, 0.15) is 0 Å². The standard InChI is InChI=1S/C46H29N3S/c1-3-13-31(14-4-1)40-29-41(48-46(47-40)33-15-5-2-6-16-33)32-25-23-30(24-26-32)38-27-34(28-39-37-19-9-12-22-44(37)50-45(38)39)49-42-20-10-7-17-35(42)36-18-8-11-21-43(36)49/h1-29H. The number of benzene rings is 7. The summed E-state index contributed by atoms with van der Waals surface area (Å²) < 4.78 is 5.01. The van der Waals surface area contributed by atoms with Crippen molar-refractivity contribution in [2.24, 2.45) is 0 Å². The topological polar surface area (TPSA) is 30.7 Å². The van der Waals surface area contributed by atoms with Gasteiger partial charge in [-0.2, -0.15) is 0 Å². The second kappa shape index (κ2) is 11.7. The van der Waals surface area contributed by atoms with Gasteiger partial charge >= 0.3 is 0 Å². The Balaban J connectivity index is 1.16. The zero-order valence-electron chi connectivity index (χ0n) is 27.0. The highest BCUT2D eigenvalue weighted by molar-refractivity contribution is 7.26. The van der Waals surface area contributed by atoms with Gasteiger partial charge in [0, 0.05) is 58.9 Å². The zero-order valence-corrected chi connectivity index (χ0v) is 27.8. The molecule has 4 heteroatoms. The van der Waals surface area contributed by atoms with Gasteiger partial charge in [-0.3, -0.25) is 0 Å². The quantitative estimate of drug-likeness (QED) is 0.185. The molecule has 0 saturated carbocycles. The van der Waals surface area contributed by atoms with Crippen molar-refractivity contribution < 1.29 is 0 Å². The lowest BCUT2D eigenvalue weighted by molar-refractivity contribution is 1.18. The first-order chi connectivity index (χ1) is 24.8. The molecule has 0 N–H and O–H groups in total. The smallest absolute Gasteiger partial charge is 0.160 e. The zero-order chi connectivity index (χ0) is 33.0. The molecule has 3 heterocycles. The van der Waals surface area contributed by atoms with Crippen LogP contribution >= 0.6 is 11.3 Å². The number of rotatable bonds is 5. The van der Waals surface area contributed by atoms with Gasteiger partial charge in [-0.1, -0.05) is 140 Å². The molecule has 0 amide bonds. The van der Waals surface area contributed by atoms with Gasteiger partial charge in [-0.05, 0) is 42.0 Å². The highest BCUT2D eigenvalue weighted by atomic mass is 32.1. The van der Waals surface area contributed by atoms with Gasteiger partial charge in [0.25, 0.3) is 0 Å². The Morgan fingerprint density at radius 1 is 0.400 bits per heavy atom. The number of thiophene rings is 1. The van der Waals surface area contributed by atoms with E-state index < -0.39 is 0 Å². The molecule has 10 aromatic rings. The molecule has 0 spiro atoms. The third-order valence-corrected chi connectivity index (χ3v) is 10.8. The third-order valence-electron chi connectivity index (χ3n) is 9.62. The normalized spacial score (nSPS) is 11.6. The van der Waals surface area contributed by atoms with Crippen LogP contribution < -0.4 is 0 Å². The minimum atomic E-state index is 0.719. The van der Waals surface area contributed by atoms with E-state index in [1.807, 2.05) is 35.6 Å². The van der Waals surface area contributed by atoms with E-state index in [-0.39, 0.29) is 0 Å². The summed E-state index contributed by atoms with van der Waals surface area (Å²) in [7, 11) is 0. The van der Waals surface area contributed by atoms with Crippen LogP contribution in [0.15, 0.2) is 176 Å². The number of aromatic nitrogens is 3. The summed E-state index contributed by atoms with van der Waals surface area (Å²) in [6.45, 7) is 0. The van der Waals surface area contributed by atoms with Crippen LogP contribution in [0, 0.1) is 0 Å². The maximum absolute atomic E-state index is 5.07. The van der Waals surface area contributed by atoms with Crippen molar-refractivity contribution in [2.75, 3.05) is 0 Å². The maximum atomic E-state index is 5.07. The molecule has 3 aromatic heterocycles. The van der Waals surface area contributed by atoms with Crippen molar-refractivity contribution in [3.05, 3.63) is 176 Å². The fourth-order valence-electron chi connectivity index (χ4n) is 7.24. The molecule has 7 aromatic carbocycles. The van der Waals surface area contributed by atoms with Gasteiger partial charge in [0.1, 0.15) is 0 Å².